The standard InChI is InChI=1S/C18H22N6O2/c1-26-12-7-8-15-14(10-12)13-4-2-5-16(18(13)21-15)20-17(25)6-3-9-24-11-19-22-23-24/h7-8,10-11,16,21H,2-6,9H2,1H3,(H,20,25). The third-order valence-electron chi connectivity index (χ3n) is 4.93. The summed E-state index contributed by atoms with van der Waals surface area (Å²) in [5.74, 6) is 0.917. The van der Waals surface area contributed by atoms with E-state index in [0.717, 1.165) is 36.2 Å². The Kier molecular flexibility index (Phi) is 4.55. The Morgan fingerprint density at radius 1 is 1.46 bits per heavy atom. The number of fused-ring (bicyclic) bond motifs is 3. The fourth-order valence-corrected chi connectivity index (χ4v) is 3.66. The van der Waals surface area contributed by atoms with E-state index in [4.69, 9.17) is 4.74 Å². The predicted octanol–water partition coefficient (Wildman–Crippen LogP) is 2.14. The number of H-pyrrole nitrogens is 1. The summed E-state index contributed by atoms with van der Waals surface area (Å²) in [7, 11) is 1.68. The van der Waals surface area contributed by atoms with Crippen LogP contribution in [0, 0.1) is 0 Å². The van der Waals surface area contributed by atoms with Gasteiger partial charge in [0.05, 0.1) is 13.2 Å². The number of nitrogens with one attached hydrogen (secondary N) is 2. The van der Waals surface area contributed by atoms with Crippen LogP contribution in [0.4, 0.5) is 0 Å². The van der Waals surface area contributed by atoms with Gasteiger partial charge in [0, 0.05) is 29.6 Å². The maximum Gasteiger partial charge on any atom is 0.220 e. The summed E-state index contributed by atoms with van der Waals surface area (Å²) in [6.07, 6.45) is 5.76. The number of aromatic amines is 1. The van der Waals surface area contributed by atoms with Crippen LogP contribution in [-0.2, 0) is 17.8 Å². The lowest BCUT2D eigenvalue weighted by Gasteiger charge is -2.24. The average Bonchev–Trinajstić information content (AvgIpc) is 3.29. The number of carbonyl (C=O) groups excluding carboxylic acids is 1. The molecule has 3 aromatic rings. The SMILES string of the molecule is COc1ccc2[nH]c3c(c2c1)CCCC3NC(=O)CCCn1cnnn1. The zero-order valence-corrected chi connectivity index (χ0v) is 14.7. The normalized spacial score (nSPS) is 16.4. The Labute approximate surface area is 150 Å². The molecule has 2 heterocycles. The first kappa shape index (κ1) is 16.6. The van der Waals surface area contributed by atoms with Crippen LogP contribution in [0.1, 0.15) is 43.0 Å². The second kappa shape index (κ2) is 7.15. The fraction of sp³-hybridized carbons (Fsp3) is 0.444. The fourth-order valence-electron chi connectivity index (χ4n) is 3.66. The minimum absolute atomic E-state index is 0.0395. The van der Waals surface area contributed by atoms with E-state index in [9.17, 15) is 4.79 Å². The summed E-state index contributed by atoms with van der Waals surface area (Å²) in [5, 5.41) is 15.4. The number of tetrazole rings is 1. The lowest BCUT2D eigenvalue weighted by molar-refractivity contribution is -0.122. The van der Waals surface area contributed by atoms with Crippen molar-refractivity contribution >= 4 is 16.8 Å². The van der Waals surface area contributed by atoms with E-state index in [1.165, 1.54) is 10.9 Å². The second-order valence-corrected chi connectivity index (χ2v) is 6.62. The van der Waals surface area contributed by atoms with E-state index in [0.29, 0.717) is 19.4 Å². The largest absolute Gasteiger partial charge is 0.497 e. The van der Waals surface area contributed by atoms with E-state index < -0.39 is 0 Å². The number of aryl methyl sites for hydroxylation is 2. The summed E-state index contributed by atoms with van der Waals surface area (Å²) >= 11 is 0. The minimum atomic E-state index is 0.0395. The van der Waals surface area contributed by atoms with Crippen LogP contribution >= 0.6 is 0 Å². The molecule has 1 unspecified atom stereocenters. The number of benzene rings is 1. The Morgan fingerprint density at radius 2 is 2.38 bits per heavy atom. The van der Waals surface area contributed by atoms with Gasteiger partial charge in [-0.25, -0.2) is 4.68 Å². The molecule has 0 saturated carbocycles. The third kappa shape index (κ3) is 3.26. The number of rotatable bonds is 6. The van der Waals surface area contributed by atoms with Crippen LogP contribution in [-0.4, -0.2) is 38.2 Å². The third-order valence-corrected chi connectivity index (χ3v) is 4.93. The molecule has 2 N–H and O–H groups in total. The van der Waals surface area contributed by atoms with Gasteiger partial charge in [0.2, 0.25) is 5.91 Å². The van der Waals surface area contributed by atoms with Crippen molar-refractivity contribution in [1.82, 2.24) is 30.5 Å². The first-order chi connectivity index (χ1) is 12.7. The van der Waals surface area contributed by atoms with Crippen LogP contribution in [0.5, 0.6) is 5.75 Å². The molecule has 1 aromatic carbocycles. The first-order valence-corrected chi connectivity index (χ1v) is 8.93. The van der Waals surface area contributed by atoms with Crippen molar-refractivity contribution in [1.29, 1.82) is 0 Å². The smallest absolute Gasteiger partial charge is 0.220 e. The predicted molar refractivity (Wildman–Crippen MR) is 95.7 cm³/mol. The van der Waals surface area contributed by atoms with Gasteiger partial charge in [-0.3, -0.25) is 4.79 Å². The van der Waals surface area contributed by atoms with E-state index in [2.05, 4.69) is 31.9 Å². The van der Waals surface area contributed by atoms with Gasteiger partial charge in [0.15, 0.2) is 0 Å². The molecule has 4 rings (SSSR count). The maximum atomic E-state index is 12.4. The molecule has 8 nitrogen and oxygen atoms in total. The van der Waals surface area contributed by atoms with Gasteiger partial charge in [-0.1, -0.05) is 0 Å². The Morgan fingerprint density at radius 3 is 3.19 bits per heavy atom. The number of carbonyl (C=O) groups is 1. The summed E-state index contributed by atoms with van der Waals surface area (Å²) in [6, 6.07) is 6.10. The highest BCUT2D eigenvalue weighted by atomic mass is 16.5. The molecule has 136 valence electrons. The summed E-state index contributed by atoms with van der Waals surface area (Å²) < 4.78 is 6.99. The topological polar surface area (TPSA) is 97.7 Å². The molecule has 0 radical (unpaired) electrons. The van der Waals surface area contributed by atoms with E-state index in [1.54, 1.807) is 18.1 Å². The zero-order valence-electron chi connectivity index (χ0n) is 14.7. The van der Waals surface area contributed by atoms with E-state index in [1.807, 2.05) is 12.1 Å². The van der Waals surface area contributed by atoms with Crippen molar-refractivity contribution in [2.75, 3.05) is 7.11 Å². The van der Waals surface area contributed by atoms with Gasteiger partial charge < -0.3 is 15.0 Å². The van der Waals surface area contributed by atoms with Crippen LogP contribution in [0.2, 0.25) is 0 Å². The molecular weight excluding hydrogens is 332 g/mol. The van der Waals surface area contributed by atoms with Gasteiger partial charge in [-0.05, 0) is 59.9 Å². The quantitative estimate of drug-likeness (QED) is 0.707. The summed E-state index contributed by atoms with van der Waals surface area (Å²) in [6.45, 7) is 0.641. The molecule has 1 aliphatic rings. The molecule has 1 aliphatic carbocycles. The molecule has 2 aromatic heterocycles. The highest BCUT2D eigenvalue weighted by Crippen LogP contribution is 2.36. The van der Waals surface area contributed by atoms with Crippen LogP contribution in [0.15, 0.2) is 24.5 Å². The second-order valence-electron chi connectivity index (χ2n) is 6.62. The maximum absolute atomic E-state index is 12.4. The number of amides is 1. The van der Waals surface area contributed by atoms with Crippen molar-refractivity contribution < 1.29 is 9.53 Å². The Hall–Kier alpha value is -2.90. The molecule has 1 atom stereocenters. The number of nitrogens with zero attached hydrogens (tertiary/aromatic N) is 4. The minimum Gasteiger partial charge on any atom is -0.497 e. The Balaban J connectivity index is 1.44. The van der Waals surface area contributed by atoms with Crippen molar-refractivity contribution in [2.45, 2.75) is 44.7 Å². The van der Waals surface area contributed by atoms with Crippen molar-refractivity contribution in [3.63, 3.8) is 0 Å². The average molecular weight is 354 g/mol. The van der Waals surface area contributed by atoms with E-state index in [-0.39, 0.29) is 11.9 Å². The number of ether oxygens (including phenoxy) is 1. The Bertz CT molecular complexity index is 902. The molecule has 0 bridgehead atoms. The number of methoxy groups -OCH3 is 1. The molecule has 0 aliphatic heterocycles. The molecule has 8 heteroatoms. The summed E-state index contributed by atoms with van der Waals surface area (Å²) in [5.41, 5.74) is 3.52. The molecule has 0 saturated heterocycles. The highest BCUT2D eigenvalue weighted by molar-refractivity contribution is 5.87. The molecule has 0 fully saturated rings. The van der Waals surface area contributed by atoms with Crippen LogP contribution in [0.3, 0.4) is 0 Å². The van der Waals surface area contributed by atoms with Crippen molar-refractivity contribution in [2.24, 2.45) is 0 Å². The highest BCUT2D eigenvalue weighted by Gasteiger charge is 2.25. The van der Waals surface area contributed by atoms with Gasteiger partial charge >= 0.3 is 0 Å². The lowest BCUT2D eigenvalue weighted by atomic mass is 9.91. The van der Waals surface area contributed by atoms with Crippen LogP contribution < -0.4 is 10.1 Å². The monoisotopic (exact) mass is 354 g/mol. The van der Waals surface area contributed by atoms with Gasteiger partial charge in [0.25, 0.3) is 0 Å². The molecule has 0 spiro atoms. The first-order valence-electron chi connectivity index (χ1n) is 8.93. The van der Waals surface area contributed by atoms with Crippen LogP contribution in [0.25, 0.3) is 10.9 Å². The summed E-state index contributed by atoms with van der Waals surface area (Å²) in [4.78, 5) is 15.9. The van der Waals surface area contributed by atoms with Gasteiger partial charge in [-0.2, -0.15) is 0 Å². The van der Waals surface area contributed by atoms with E-state index >= 15 is 0 Å². The number of hydrogen-bond acceptors (Lipinski definition) is 5. The van der Waals surface area contributed by atoms with Crippen molar-refractivity contribution in [3.05, 3.63) is 35.8 Å². The lowest BCUT2D eigenvalue weighted by Crippen LogP contribution is -2.31. The van der Waals surface area contributed by atoms with Gasteiger partial charge in [0.1, 0.15) is 12.1 Å². The van der Waals surface area contributed by atoms with Crippen molar-refractivity contribution in [3.8, 4) is 5.75 Å². The number of hydrogen-bond donors (Lipinski definition) is 2. The number of aromatic nitrogens is 5. The zero-order chi connectivity index (χ0) is 17.9. The van der Waals surface area contributed by atoms with Gasteiger partial charge in [-0.15, -0.1) is 5.10 Å². The molecular formula is C18H22N6O2. The molecule has 1 amide bonds. The molecule has 26 heavy (non-hydrogen) atoms.